The zero-order valence-corrected chi connectivity index (χ0v) is 8.00. The minimum absolute atomic E-state index is 0.174. The number of ether oxygens (including phenoxy) is 2. The fourth-order valence-electron chi connectivity index (χ4n) is 1.71. The maximum Gasteiger partial charge on any atom is 0.336 e. The lowest BCUT2D eigenvalue weighted by Gasteiger charge is -2.33. The van der Waals surface area contributed by atoms with Gasteiger partial charge in [-0.25, -0.2) is 4.79 Å². The number of rotatable bonds is 2. The Morgan fingerprint density at radius 2 is 2.40 bits per heavy atom. The lowest BCUT2D eigenvalue weighted by molar-refractivity contribution is -0.164. The summed E-state index contributed by atoms with van der Waals surface area (Å²) in [7, 11) is 1.22. The van der Waals surface area contributed by atoms with Crippen LogP contribution in [0.1, 0.15) is 6.42 Å². The van der Waals surface area contributed by atoms with Gasteiger partial charge < -0.3 is 9.47 Å². The first-order chi connectivity index (χ1) is 7.19. The molecule has 6 heteroatoms. The summed E-state index contributed by atoms with van der Waals surface area (Å²) in [6, 6.07) is -0.897. The molecule has 2 fully saturated rings. The number of β-lactam (4-membered cyclic amide) rings is 1. The van der Waals surface area contributed by atoms with E-state index in [0.717, 1.165) is 6.08 Å². The molecule has 0 N–H and O–H groups in total. The molecular weight excluding hydrogens is 202 g/mol. The molecule has 2 aliphatic heterocycles. The van der Waals surface area contributed by atoms with Crippen LogP contribution >= 0.6 is 0 Å². The normalized spacial score (nSPS) is 30.6. The van der Waals surface area contributed by atoms with Gasteiger partial charge in [0, 0.05) is 6.08 Å². The van der Waals surface area contributed by atoms with E-state index in [-0.39, 0.29) is 18.1 Å². The number of nitrogens with zero attached hydrogens (tertiary/aromatic N) is 1. The lowest BCUT2D eigenvalue weighted by atomic mass is 10.1. The van der Waals surface area contributed by atoms with Crippen molar-refractivity contribution in [3.63, 3.8) is 0 Å². The van der Waals surface area contributed by atoms with Crippen LogP contribution < -0.4 is 0 Å². The Hall–Kier alpha value is -1.85. The molecule has 0 aromatic carbocycles. The first kappa shape index (κ1) is 9.70. The van der Waals surface area contributed by atoms with Crippen LogP contribution in [0.25, 0.3) is 0 Å². The van der Waals surface area contributed by atoms with Gasteiger partial charge in [-0.2, -0.15) is 0 Å². The highest BCUT2D eigenvalue weighted by Gasteiger charge is 2.54. The average molecular weight is 211 g/mol. The van der Waals surface area contributed by atoms with Gasteiger partial charge in [-0.05, 0) is 0 Å². The Morgan fingerprint density at radius 1 is 1.67 bits per heavy atom. The molecule has 0 saturated carbocycles. The average Bonchev–Trinajstić information content (AvgIpc) is 2.50. The predicted molar refractivity (Wildman–Crippen MR) is 46.3 cm³/mol. The minimum Gasteiger partial charge on any atom is -0.471 e. The summed E-state index contributed by atoms with van der Waals surface area (Å²) in [6.07, 6.45) is 1.46. The minimum atomic E-state index is -0.897. The highest BCUT2D eigenvalue weighted by molar-refractivity contribution is 5.92. The summed E-state index contributed by atoms with van der Waals surface area (Å²) in [5, 5.41) is 0. The molecule has 0 aromatic heterocycles. The van der Waals surface area contributed by atoms with Crippen molar-refractivity contribution >= 4 is 18.2 Å². The third kappa shape index (κ3) is 1.29. The number of hydrogen-bond acceptors (Lipinski definition) is 5. The molecule has 0 aliphatic carbocycles. The van der Waals surface area contributed by atoms with Crippen LogP contribution in [0.3, 0.4) is 0 Å². The van der Waals surface area contributed by atoms with Gasteiger partial charge in [0.15, 0.2) is 12.3 Å². The smallest absolute Gasteiger partial charge is 0.336 e. The zero-order chi connectivity index (χ0) is 11.0. The Labute approximate surface area is 85.4 Å². The van der Waals surface area contributed by atoms with Crippen molar-refractivity contribution in [2.45, 2.75) is 18.7 Å². The van der Waals surface area contributed by atoms with Crippen LogP contribution in [-0.2, 0) is 23.9 Å². The van der Waals surface area contributed by atoms with Gasteiger partial charge in [0.25, 0.3) is 0 Å². The molecule has 2 atom stereocenters. The van der Waals surface area contributed by atoms with Crippen molar-refractivity contribution < 1.29 is 23.9 Å². The number of aldehydes is 1. The number of esters is 1. The third-order valence-corrected chi connectivity index (χ3v) is 2.42. The Kier molecular flexibility index (Phi) is 2.18. The second kappa shape index (κ2) is 3.38. The molecule has 0 spiro atoms. The van der Waals surface area contributed by atoms with E-state index in [4.69, 9.17) is 4.74 Å². The molecule has 6 nitrogen and oxygen atoms in total. The summed E-state index contributed by atoms with van der Waals surface area (Å²) in [4.78, 5) is 34.2. The molecule has 0 radical (unpaired) electrons. The van der Waals surface area contributed by atoms with Crippen LogP contribution in [0, 0.1) is 0 Å². The number of carbonyl (C=O) groups is 3. The number of fused-ring (bicyclic) bond motifs is 1. The first-order valence-corrected chi connectivity index (χ1v) is 4.40. The quantitative estimate of drug-likeness (QED) is 0.259. The molecule has 2 rings (SSSR count). The SMILES string of the molecule is COC(=O)C1C(=CC=O)O[C@@H]2CC(=O)N12. The number of hydrogen-bond donors (Lipinski definition) is 0. The first-order valence-electron chi connectivity index (χ1n) is 4.40. The van der Waals surface area contributed by atoms with E-state index in [0.29, 0.717) is 6.29 Å². The van der Waals surface area contributed by atoms with Crippen molar-refractivity contribution in [3.8, 4) is 0 Å². The molecular formula is C9H9NO5. The predicted octanol–water partition coefficient (Wildman–Crippen LogP) is -0.801. The monoisotopic (exact) mass is 211 g/mol. The fraction of sp³-hybridized carbons (Fsp3) is 0.444. The van der Waals surface area contributed by atoms with Crippen molar-refractivity contribution in [1.29, 1.82) is 0 Å². The van der Waals surface area contributed by atoms with E-state index in [1.807, 2.05) is 0 Å². The number of amides is 1. The van der Waals surface area contributed by atoms with Gasteiger partial charge in [0.05, 0.1) is 13.5 Å². The topological polar surface area (TPSA) is 72.9 Å². The number of carbonyl (C=O) groups excluding carboxylic acids is 3. The van der Waals surface area contributed by atoms with Crippen molar-refractivity contribution in [1.82, 2.24) is 4.90 Å². The molecule has 0 aromatic rings. The highest BCUT2D eigenvalue weighted by Crippen LogP contribution is 2.36. The molecule has 1 unspecified atom stereocenters. The van der Waals surface area contributed by atoms with Crippen molar-refractivity contribution in [2.24, 2.45) is 0 Å². The second-order valence-corrected chi connectivity index (χ2v) is 3.21. The summed E-state index contributed by atoms with van der Waals surface area (Å²) in [5.41, 5.74) is 0. The van der Waals surface area contributed by atoms with Crippen LogP contribution in [0.15, 0.2) is 11.8 Å². The van der Waals surface area contributed by atoms with Gasteiger partial charge in [0.2, 0.25) is 5.91 Å². The van der Waals surface area contributed by atoms with Gasteiger partial charge in [-0.1, -0.05) is 0 Å². The van der Waals surface area contributed by atoms with Crippen molar-refractivity contribution in [2.75, 3.05) is 7.11 Å². The molecule has 0 bridgehead atoms. The Balaban J connectivity index is 2.28. The highest BCUT2D eigenvalue weighted by atomic mass is 16.6. The molecule has 80 valence electrons. The van der Waals surface area contributed by atoms with E-state index >= 15 is 0 Å². The van der Waals surface area contributed by atoms with Gasteiger partial charge in [-0.3, -0.25) is 14.5 Å². The molecule has 2 heterocycles. The van der Waals surface area contributed by atoms with Gasteiger partial charge in [-0.15, -0.1) is 0 Å². The third-order valence-electron chi connectivity index (χ3n) is 2.42. The maximum atomic E-state index is 11.4. The Bertz CT molecular complexity index is 362. The summed E-state index contributed by atoms with van der Waals surface area (Å²) in [6.45, 7) is 0. The number of allylic oxidation sites excluding steroid dienone is 1. The van der Waals surface area contributed by atoms with Crippen LogP contribution in [0.2, 0.25) is 0 Å². The van der Waals surface area contributed by atoms with Crippen LogP contribution in [0.5, 0.6) is 0 Å². The number of methoxy groups -OCH3 is 1. The van der Waals surface area contributed by atoms with E-state index in [1.54, 1.807) is 0 Å². The maximum absolute atomic E-state index is 11.4. The van der Waals surface area contributed by atoms with Crippen molar-refractivity contribution in [3.05, 3.63) is 11.8 Å². The zero-order valence-electron chi connectivity index (χ0n) is 8.00. The van der Waals surface area contributed by atoms with E-state index in [1.165, 1.54) is 12.0 Å². The molecule has 2 aliphatic rings. The molecule has 2 saturated heterocycles. The summed E-state index contributed by atoms with van der Waals surface area (Å²) < 4.78 is 9.78. The van der Waals surface area contributed by atoms with E-state index in [9.17, 15) is 14.4 Å². The standard InChI is InChI=1S/C9H9NO5/c1-14-9(13)8-5(2-3-11)15-7-4-6(12)10(7)8/h2-3,7-8H,4H2,1H3/t7-,8?/m1/s1. The summed E-state index contributed by atoms with van der Waals surface area (Å²) >= 11 is 0. The van der Waals surface area contributed by atoms with Crippen LogP contribution in [-0.4, -0.2) is 42.4 Å². The lowest BCUT2D eigenvalue weighted by Crippen LogP contribution is -2.55. The molecule has 15 heavy (non-hydrogen) atoms. The summed E-state index contributed by atoms with van der Waals surface area (Å²) in [5.74, 6) is -0.601. The fourth-order valence-corrected chi connectivity index (χ4v) is 1.71. The van der Waals surface area contributed by atoms with Gasteiger partial charge >= 0.3 is 5.97 Å². The second-order valence-electron chi connectivity index (χ2n) is 3.21. The van der Waals surface area contributed by atoms with E-state index in [2.05, 4.69) is 4.74 Å². The van der Waals surface area contributed by atoms with Crippen LogP contribution in [0.4, 0.5) is 0 Å². The van der Waals surface area contributed by atoms with Gasteiger partial charge in [0.1, 0.15) is 12.0 Å². The van der Waals surface area contributed by atoms with E-state index < -0.39 is 18.2 Å². The Morgan fingerprint density at radius 3 is 2.93 bits per heavy atom. The largest absolute Gasteiger partial charge is 0.471 e. The molecule has 1 amide bonds.